The molecule has 20 heavy (non-hydrogen) atoms. The zero-order valence-electron chi connectivity index (χ0n) is 11.9. The van der Waals surface area contributed by atoms with Crippen molar-refractivity contribution >= 4 is 11.4 Å². The Balaban J connectivity index is 2.19. The Labute approximate surface area is 118 Å². The number of benzene rings is 2. The van der Waals surface area contributed by atoms with Gasteiger partial charge < -0.3 is 5.32 Å². The Morgan fingerprint density at radius 1 is 1.15 bits per heavy atom. The molecule has 0 aliphatic carbocycles. The normalized spacial score (nSPS) is 10.3. The highest BCUT2D eigenvalue weighted by Crippen LogP contribution is 2.25. The zero-order valence-corrected chi connectivity index (χ0v) is 11.9. The van der Waals surface area contributed by atoms with Crippen LogP contribution in [0.1, 0.15) is 22.3 Å². The summed E-state index contributed by atoms with van der Waals surface area (Å²) in [6, 6.07) is 11.4. The molecule has 0 bridgehead atoms. The summed E-state index contributed by atoms with van der Waals surface area (Å²) in [5, 5.41) is 14.2. The van der Waals surface area contributed by atoms with Crippen molar-refractivity contribution in [2.75, 3.05) is 5.32 Å². The smallest absolute Gasteiger partial charge is 0.274 e. The van der Waals surface area contributed by atoms with E-state index in [1.165, 1.54) is 22.8 Å². The van der Waals surface area contributed by atoms with E-state index in [2.05, 4.69) is 37.4 Å². The molecule has 4 nitrogen and oxygen atoms in total. The second kappa shape index (κ2) is 5.74. The molecule has 0 saturated carbocycles. The lowest BCUT2D eigenvalue weighted by Crippen LogP contribution is -2.04. The van der Waals surface area contributed by atoms with Gasteiger partial charge in [-0.3, -0.25) is 10.1 Å². The highest BCUT2D eigenvalue weighted by Gasteiger charge is 2.12. The number of hydrogen-bond donors (Lipinski definition) is 1. The summed E-state index contributed by atoms with van der Waals surface area (Å²) < 4.78 is 0. The van der Waals surface area contributed by atoms with Gasteiger partial charge in [0.15, 0.2) is 0 Å². The topological polar surface area (TPSA) is 55.2 Å². The highest BCUT2D eigenvalue weighted by molar-refractivity contribution is 5.60. The first-order chi connectivity index (χ1) is 9.49. The first kappa shape index (κ1) is 14.1. The molecule has 0 unspecified atom stereocenters. The largest absolute Gasteiger partial charge is 0.381 e. The molecule has 104 valence electrons. The van der Waals surface area contributed by atoms with E-state index < -0.39 is 0 Å². The molecule has 4 heteroatoms. The second-order valence-electron chi connectivity index (χ2n) is 4.99. The molecular formula is C16H18N2O2. The predicted octanol–water partition coefficient (Wildman–Crippen LogP) is 4.13. The van der Waals surface area contributed by atoms with Crippen molar-refractivity contribution < 1.29 is 4.92 Å². The molecule has 0 saturated heterocycles. The van der Waals surface area contributed by atoms with Gasteiger partial charge in [0.2, 0.25) is 0 Å². The number of nitro benzene ring substituents is 1. The van der Waals surface area contributed by atoms with Crippen molar-refractivity contribution in [2.45, 2.75) is 27.3 Å². The fraction of sp³-hybridized carbons (Fsp3) is 0.250. The first-order valence-electron chi connectivity index (χ1n) is 6.53. The minimum absolute atomic E-state index is 0.149. The summed E-state index contributed by atoms with van der Waals surface area (Å²) in [6.45, 7) is 6.57. The standard InChI is InChI=1S/C16H18N2O2/c1-11-7-8-14(12(2)9-11)10-17-15-5-4-6-16(13(15)3)18(19)20/h4-9,17H,10H2,1-3H3. The predicted molar refractivity (Wildman–Crippen MR) is 81.1 cm³/mol. The lowest BCUT2D eigenvalue weighted by atomic mass is 10.1. The number of anilines is 1. The van der Waals surface area contributed by atoms with Crippen LogP contribution in [0.2, 0.25) is 0 Å². The van der Waals surface area contributed by atoms with Crippen LogP contribution in [0.3, 0.4) is 0 Å². The minimum atomic E-state index is -0.350. The highest BCUT2D eigenvalue weighted by atomic mass is 16.6. The van der Waals surface area contributed by atoms with Crippen molar-refractivity contribution in [3.63, 3.8) is 0 Å². The van der Waals surface area contributed by atoms with Crippen molar-refractivity contribution in [3.8, 4) is 0 Å². The number of aryl methyl sites for hydroxylation is 2. The molecule has 2 rings (SSSR count). The van der Waals surface area contributed by atoms with Crippen LogP contribution in [0.5, 0.6) is 0 Å². The third-order valence-corrected chi connectivity index (χ3v) is 3.47. The Hall–Kier alpha value is -2.36. The molecule has 0 atom stereocenters. The van der Waals surface area contributed by atoms with Gasteiger partial charge in [0.25, 0.3) is 5.69 Å². The number of nitrogens with zero attached hydrogens (tertiary/aromatic N) is 1. The van der Waals surface area contributed by atoms with Crippen molar-refractivity contribution in [2.24, 2.45) is 0 Å². The average Bonchev–Trinajstić information content (AvgIpc) is 2.39. The average molecular weight is 270 g/mol. The van der Waals surface area contributed by atoms with Gasteiger partial charge in [0.1, 0.15) is 0 Å². The molecule has 0 heterocycles. The van der Waals surface area contributed by atoms with E-state index in [1.54, 1.807) is 13.0 Å². The van der Waals surface area contributed by atoms with Crippen LogP contribution >= 0.6 is 0 Å². The van der Waals surface area contributed by atoms with Gasteiger partial charge in [0.05, 0.1) is 4.92 Å². The minimum Gasteiger partial charge on any atom is -0.381 e. The van der Waals surface area contributed by atoms with Gasteiger partial charge in [-0.25, -0.2) is 0 Å². The maximum absolute atomic E-state index is 10.9. The summed E-state index contributed by atoms with van der Waals surface area (Å²) in [5.41, 5.74) is 5.27. The summed E-state index contributed by atoms with van der Waals surface area (Å²) in [4.78, 5) is 10.6. The third-order valence-electron chi connectivity index (χ3n) is 3.47. The van der Waals surface area contributed by atoms with Gasteiger partial charge in [-0.05, 0) is 38.0 Å². The fourth-order valence-electron chi connectivity index (χ4n) is 2.25. The van der Waals surface area contributed by atoms with Gasteiger partial charge >= 0.3 is 0 Å². The van der Waals surface area contributed by atoms with E-state index in [0.29, 0.717) is 12.1 Å². The Morgan fingerprint density at radius 3 is 2.55 bits per heavy atom. The number of nitro groups is 1. The van der Waals surface area contributed by atoms with E-state index in [-0.39, 0.29) is 10.6 Å². The summed E-state index contributed by atoms with van der Waals surface area (Å²) in [6.07, 6.45) is 0. The molecule has 0 aromatic heterocycles. The summed E-state index contributed by atoms with van der Waals surface area (Å²) in [5.74, 6) is 0. The Kier molecular flexibility index (Phi) is 4.03. The molecule has 0 spiro atoms. The van der Waals surface area contributed by atoms with E-state index >= 15 is 0 Å². The maximum Gasteiger partial charge on any atom is 0.274 e. The van der Waals surface area contributed by atoms with Gasteiger partial charge in [0, 0.05) is 23.9 Å². The number of hydrogen-bond acceptors (Lipinski definition) is 3. The van der Waals surface area contributed by atoms with Gasteiger partial charge in [-0.2, -0.15) is 0 Å². The second-order valence-corrected chi connectivity index (χ2v) is 4.99. The Morgan fingerprint density at radius 2 is 1.90 bits per heavy atom. The lowest BCUT2D eigenvalue weighted by Gasteiger charge is -2.12. The van der Waals surface area contributed by atoms with Crippen LogP contribution in [0.25, 0.3) is 0 Å². The quantitative estimate of drug-likeness (QED) is 0.671. The molecule has 1 N–H and O–H groups in total. The number of nitrogens with one attached hydrogen (secondary N) is 1. The van der Waals surface area contributed by atoms with E-state index in [4.69, 9.17) is 0 Å². The van der Waals surface area contributed by atoms with Crippen molar-refractivity contribution in [1.82, 2.24) is 0 Å². The molecule has 0 aliphatic rings. The molecular weight excluding hydrogens is 252 g/mol. The van der Waals surface area contributed by atoms with Gasteiger partial charge in [-0.1, -0.05) is 29.8 Å². The van der Waals surface area contributed by atoms with Crippen LogP contribution in [0.4, 0.5) is 11.4 Å². The zero-order chi connectivity index (χ0) is 14.7. The van der Waals surface area contributed by atoms with Crippen LogP contribution in [0.15, 0.2) is 36.4 Å². The van der Waals surface area contributed by atoms with E-state index in [0.717, 1.165) is 5.69 Å². The summed E-state index contributed by atoms with van der Waals surface area (Å²) >= 11 is 0. The maximum atomic E-state index is 10.9. The molecule has 0 radical (unpaired) electrons. The molecule has 2 aromatic carbocycles. The van der Waals surface area contributed by atoms with Crippen molar-refractivity contribution in [1.29, 1.82) is 0 Å². The molecule has 0 aliphatic heterocycles. The van der Waals surface area contributed by atoms with E-state index in [1.807, 2.05) is 6.07 Å². The Bertz CT molecular complexity index is 651. The lowest BCUT2D eigenvalue weighted by molar-refractivity contribution is -0.385. The van der Waals surface area contributed by atoms with Crippen LogP contribution < -0.4 is 5.32 Å². The fourth-order valence-corrected chi connectivity index (χ4v) is 2.25. The SMILES string of the molecule is Cc1ccc(CNc2cccc([N+](=O)[O-])c2C)c(C)c1. The summed E-state index contributed by atoms with van der Waals surface area (Å²) in [7, 11) is 0. The molecule has 2 aromatic rings. The van der Waals surface area contributed by atoms with Crippen LogP contribution in [0, 0.1) is 30.9 Å². The van der Waals surface area contributed by atoms with E-state index in [9.17, 15) is 10.1 Å². The molecule has 0 fully saturated rings. The van der Waals surface area contributed by atoms with Crippen molar-refractivity contribution in [3.05, 3.63) is 68.8 Å². The first-order valence-corrected chi connectivity index (χ1v) is 6.53. The number of rotatable bonds is 4. The van der Waals surface area contributed by atoms with Gasteiger partial charge in [-0.15, -0.1) is 0 Å². The third kappa shape index (κ3) is 2.96. The monoisotopic (exact) mass is 270 g/mol. The molecule has 0 amide bonds. The van der Waals surface area contributed by atoms with Crippen LogP contribution in [-0.4, -0.2) is 4.92 Å². The van der Waals surface area contributed by atoms with Crippen LogP contribution in [-0.2, 0) is 6.54 Å².